The predicted octanol–water partition coefficient (Wildman–Crippen LogP) is 6.85. The Labute approximate surface area is 247 Å². The lowest BCUT2D eigenvalue weighted by molar-refractivity contribution is -0.129. The van der Waals surface area contributed by atoms with Gasteiger partial charge in [-0.2, -0.15) is 0 Å². The van der Waals surface area contributed by atoms with Crippen molar-refractivity contribution in [3.63, 3.8) is 0 Å². The number of aromatic hydroxyl groups is 1. The number of carbonyl (C=O) groups is 2. The topological polar surface area (TPSA) is 109 Å². The molecule has 0 fully saturated rings. The molecule has 1 heterocycles. The van der Waals surface area contributed by atoms with Crippen LogP contribution in [0.4, 0.5) is 0 Å². The number of hydrogen-bond donors (Lipinski definition) is 3. The number of aryl methyl sites for hydroxylation is 1. The Morgan fingerprint density at radius 3 is 2.33 bits per heavy atom. The Morgan fingerprint density at radius 1 is 0.905 bits per heavy atom. The number of fused-ring (bicyclic) bond motifs is 2. The number of hydrogen-bond acceptors (Lipinski definition) is 6. The van der Waals surface area contributed by atoms with Gasteiger partial charge < -0.3 is 20.2 Å². The third-order valence-corrected chi connectivity index (χ3v) is 7.31. The minimum atomic E-state index is -0.429. The lowest BCUT2D eigenvalue weighted by Gasteiger charge is -2.31. The van der Waals surface area contributed by atoms with Crippen LogP contribution >= 0.6 is 0 Å². The van der Waals surface area contributed by atoms with E-state index in [2.05, 4.69) is 31.4 Å². The molecule has 1 aliphatic carbocycles. The van der Waals surface area contributed by atoms with E-state index >= 15 is 0 Å². The summed E-state index contributed by atoms with van der Waals surface area (Å²) < 4.78 is 5.98. The molecule has 222 valence electrons. The van der Waals surface area contributed by atoms with E-state index in [1.54, 1.807) is 24.3 Å². The Balaban J connectivity index is 1.52. The molecular formula is C35H42N2O5. The summed E-state index contributed by atoms with van der Waals surface area (Å²) in [4.78, 5) is 38.3. The van der Waals surface area contributed by atoms with Crippen molar-refractivity contribution >= 4 is 22.7 Å². The average molecular weight is 571 g/mol. The number of benzene rings is 3. The van der Waals surface area contributed by atoms with Gasteiger partial charge in [0.05, 0.1) is 6.04 Å². The minimum Gasteiger partial charge on any atom is -0.508 e. The highest BCUT2D eigenvalue weighted by molar-refractivity contribution is 6.04. The maximum atomic E-state index is 13.2. The number of ketones is 1. The zero-order valence-electron chi connectivity index (χ0n) is 25.7. The lowest BCUT2D eigenvalue weighted by atomic mass is 9.84. The second-order valence-electron chi connectivity index (χ2n) is 13.2. The molecule has 2 aliphatic rings. The molecule has 42 heavy (non-hydrogen) atoms. The van der Waals surface area contributed by atoms with E-state index in [0.29, 0.717) is 29.9 Å². The van der Waals surface area contributed by atoms with E-state index in [1.807, 2.05) is 39.8 Å². The van der Waals surface area contributed by atoms with Gasteiger partial charge in [-0.25, -0.2) is 0 Å². The molecule has 4 rings (SSSR count). The predicted molar refractivity (Wildman–Crippen MR) is 168 cm³/mol. The SMILES string of the molecule is Cc1ccc(C(=O)NCCCCC(NC(C)(C)C)C(=O)C(C)(C)C)cc1-c1c2ccc(=O)cc-2oc2cc(O)ccc12. The summed E-state index contributed by atoms with van der Waals surface area (Å²) in [6, 6.07) is 14.9. The quantitative estimate of drug-likeness (QED) is 0.150. The molecule has 1 atom stereocenters. The van der Waals surface area contributed by atoms with Crippen molar-refractivity contribution in [2.75, 3.05) is 6.54 Å². The van der Waals surface area contributed by atoms with Crippen LogP contribution in [-0.4, -0.2) is 34.9 Å². The Bertz CT molecular complexity index is 1640. The molecule has 0 saturated heterocycles. The highest BCUT2D eigenvalue weighted by Crippen LogP contribution is 2.42. The van der Waals surface area contributed by atoms with Gasteiger partial charge in [0.1, 0.15) is 17.1 Å². The van der Waals surface area contributed by atoms with E-state index in [-0.39, 0.29) is 34.4 Å². The number of rotatable bonds is 9. The van der Waals surface area contributed by atoms with Crippen molar-refractivity contribution in [1.82, 2.24) is 10.6 Å². The zero-order chi connectivity index (χ0) is 30.8. The monoisotopic (exact) mass is 570 g/mol. The second-order valence-corrected chi connectivity index (χ2v) is 13.2. The molecule has 1 aliphatic heterocycles. The molecule has 7 heteroatoms. The zero-order valence-corrected chi connectivity index (χ0v) is 25.7. The van der Waals surface area contributed by atoms with Crippen molar-refractivity contribution in [3.8, 4) is 28.2 Å². The molecule has 0 radical (unpaired) electrons. The van der Waals surface area contributed by atoms with Gasteiger partial charge in [-0.1, -0.05) is 26.8 Å². The second kappa shape index (κ2) is 12.1. The van der Waals surface area contributed by atoms with Crippen molar-refractivity contribution in [3.05, 3.63) is 75.9 Å². The number of amides is 1. The Morgan fingerprint density at radius 2 is 1.64 bits per heavy atom. The van der Waals surface area contributed by atoms with Crippen LogP contribution in [0.15, 0.2) is 63.8 Å². The van der Waals surface area contributed by atoms with Gasteiger partial charge in [-0.05, 0) is 94.5 Å². The molecule has 0 aromatic heterocycles. The number of Topliss-reactive ketones (excluding diaryl/α,β-unsaturated/α-hetero) is 1. The van der Waals surface area contributed by atoms with Gasteiger partial charge in [-0.3, -0.25) is 14.4 Å². The number of unbranched alkanes of at least 4 members (excludes halogenated alkanes) is 1. The molecule has 2 aromatic rings. The highest BCUT2D eigenvalue weighted by Gasteiger charge is 2.31. The van der Waals surface area contributed by atoms with E-state index < -0.39 is 5.41 Å². The summed E-state index contributed by atoms with van der Waals surface area (Å²) in [6.45, 7) is 14.5. The van der Waals surface area contributed by atoms with Gasteiger partial charge in [0, 0.05) is 51.7 Å². The normalized spacial score (nSPS) is 12.9. The molecule has 2 aromatic carbocycles. The van der Waals surface area contributed by atoms with Crippen LogP contribution in [-0.2, 0) is 4.79 Å². The molecule has 0 bridgehead atoms. The fraction of sp³-hybridized carbons (Fsp3) is 0.400. The van der Waals surface area contributed by atoms with Crippen molar-refractivity contribution in [2.24, 2.45) is 5.41 Å². The lowest BCUT2D eigenvalue weighted by Crippen LogP contribution is -2.50. The van der Waals surface area contributed by atoms with Gasteiger partial charge in [0.2, 0.25) is 0 Å². The van der Waals surface area contributed by atoms with E-state index in [1.165, 1.54) is 18.2 Å². The molecular weight excluding hydrogens is 528 g/mol. The summed E-state index contributed by atoms with van der Waals surface area (Å²) in [7, 11) is 0. The maximum Gasteiger partial charge on any atom is 0.251 e. The van der Waals surface area contributed by atoms with Crippen molar-refractivity contribution in [2.45, 2.75) is 79.3 Å². The van der Waals surface area contributed by atoms with Gasteiger partial charge in [-0.15, -0.1) is 0 Å². The van der Waals surface area contributed by atoms with E-state index in [0.717, 1.165) is 40.5 Å². The van der Waals surface area contributed by atoms with Crippen LogP contribution in [0.5, 0.6) is 5.75 Å². The first kappa shape index (κ1) is 31.0. The van der Waals surface area contributed by atoms with Crippen LogP contribution in [0.25, 0.3) is 33.4 Å². The van der Waals surface area contributed by atoms with Crippen molar-refractivity contribution in [1.29, 1.82) is 0 Å². The third-order valence-electron chi connectivity index (χ3n) is 7.31. The standard InChI is InChI=1S/C35H42N2O5/c1-21-11-12-22(33(41)36-17-9-8-10-28(37-35(5,6)7)32(40)34(2,3)4)18-27(21)31-25-15-13-23(38)19-29(25)42-30-20-24(39)14-16-26(30)31/h11-16,18-20,28,37-38H,8-10,17H2,1-7H3,(H,36,41). The van der Waals surface area contributed by atoms with Crippen LogP contribution in [0, 0.1) is 12.3 Å². The first-order chi connectivity index (χ1) is 19.6. The van der Waals surface area contributed by atoms with Crippen LogP contribution in [0.1, 0.15) is 76.7 Å². The number of phenolic OH excluding ortho intramolecular Hbond substituents is 1. The largest absolute Gasteiger partial charge is 0.508 e. The van der Waals surface area contributed by atoms with Gasteiger partial charge >= 0.3 is 0 Å². The molecule has 3 N–H and O–H groups in total. The minimum absolute atomic E-state index is 0.0583. The fourth-order valence-electron chi connectivity index (χ4n) is 5.27. The van der Waals surface area contributed by atoms with Gasteiger partial charge in [0.25, 0.3) is 5.91 Å². The summed E-state index contributed by atoms with van der Waals surface area (Å²) in [6.07, 6.45) is 2.26. The Hall–Kier alpha value is -3.97. The molecule has 7 nitrogen and oxygen atoms in total. The van der Waals surface area contributed by atoms with Crippen molar-refractivity contribution < 1.29 is 19.1 Å². The number of carbonyl (C=O) groups excluding carboxylic acids is 2. The Kier molecular flexibility index (Phi) is 8.92. The van der Waals surface area contributed by atoms with Crippen LogP contribution in [0.2, 0.25) is 0 Å². The maximum absolute atomic E-state index is 13.2. The first-order valence-corrected chi connectivity index (χ1v) is 14.5. The molecule has 0 spiro atoms. The number of phenols is 1. The average Bonchev–Trinajstić information content (AvgIpc) is 2.89. The summed E-state index contributed by atoms with van der Waals surface area (Å²) in [5, 5.41) is 17.3. The van der Waals surface area contributed by atoms with Crippen LogP contribution < -0.4 is 16.1 Å². The van der Waals surface area contributed by atoms with E-state index in [4.69, 9.17) is 4.42 Å². The summed E-state index contributed by atoms with van der Waals surface area (Å²) in [5.74, 6) is 0.487. The number of nitrogens with one attached hydrogen (secondary N) is 2. The van der Waals surface area contributed by atoms with Crippen LogP contribution in [0.3, 0.4) is 0 Å². The smallest absolute Gasteiger partial charge is 0.251 e. The first-order valence-electron chi connectivity index (χ1n) is 14.5. The van der Waals surface area contributed by atoms with E-state index in [9.17, 15) is 19.5 Å². The molecule has 1 amide bonds. The van der Waals surface area contributed by atoms with Gasteiger partial charge in [0.15, 0.2) is 11.2 Å². The highest BCUT2D eigenvalue weighted by atomic mass is 16.3. The third kappa shape index (κ3) is 7.26. The summed E-state index contributed by atoms with van der Waals surface area (Å²) in [5.41, 5.74) is 3.57. The summed E-state index contributed by atoms with van der Waals surface area (Å²) >= 11 is 0. The molecule has 0 saturated carbocycles. The molecule has 1 unspecified atom stereocenters. The fourth-order valence-corrected chi connectivity index (χ4v) is 5.27.